The van der Waals surface area contributed by atoms with Crippen LogP contribution < -0.4 is 15.4 Å². The lowest BCUT2D eigenvalue weighted by Crippen LogP contribution is -2.46. The second-order valence-corrected chi connectivity index (χ2v) is 3.90. The molecule has 2 rings (SSSR count). The van der Waals surface area contributed by atoms with Crippen molar-refractivity contribution in [2.75, 3.05) is 38.3 Å². The van der Waals surface area contributed by atoms with E-state index in [1.54, 1.807) is 0 Å². The van der Waals surface area contributed by atoms with Crippen LogP contribution in [0.3, 0.4) is 0 Å². The maximum atomic E-state index is 5.79. The number of ether oxygens (including phenoxy) is 2. The highest BCUT2D eigenvalue weighted by Crippen LogP contribution is 2.17. The van der Waals surface area contributed by atoms with E-state index in [4.69, 9.17) is 26.8 Å². The van der Waals surface area contributed by atoms with Gasteiger partial charge < -0.3 is 20.1 Å². The van der Waals surface area contributed by atoms with Gasteiger partial charge in [0, 0.05) is 19.6 Å². The monoisotopic (exact) mass is 259 g/mol. The summed E-state index contributed by atoms with van der Waals surface area (Å²) >= 11 is 5.79. The fraction of sp³-hybridized carbons (Fsp3) is 0.667. The smallest absolute Gasteiger partial charge is 0.322 e. The van der Waals surface area contributed by atoms with Crippen LogP contribution >= 0.6 is 11.6 Å². The Kier molecular flexibility index (Phi) is 3.93. The van der Waals surface area contributed by atoms with Crippen LogP contribution in [0.4, 0.5) is 5.95 Å². The first-order valence-electron chi connectivity index (χ1n) is 5.25. The average Bonchev–Trinajstić information content (AvgIpc) is 2.38. The predicted octanol–water partition coefficient (Wildman–Crippen LogP) is -0.302. The molecule has 1 fully saturated rings. The minimum absolute atomic E-state index is 0.00899. The highest BCUT2D eigenvalue weighted by molar-refractivity contribution is 6.28. The van der Waals surface area contributed by atoms with Crippen molar-refractivity contribution < 1.29 is 9.47 Å². The van der Waals surface area contributed by atoms with E-state index >= 15 is 0 Å². The Bertz CT molecular complexity index is 392. The maximum Gasteiger partial charge on any atom is 0.322 e. The topological polar surface area (TPSA) is 86.4 Å². The molecule has 2 heterocycles. The quantitative estimate of drug-likeness (QED) is 0.797. The molecule has 8 heteroatoms. The first-order valence-corrected chi connectivity index (χ1v) is 5.63. The third kappa shape index (κ3) is 2.93. The molecule has 1 aliphatic heterocycles. The van der Waals surface area contributed by atoms with E-state index in [1.807, 2.05) is 4.90 Å². The van der Waals surface area contributed by atoms with Gasteiger partial charge >= 0.3 is 6.01 Å². The number of morpholine rings is 1. The first-order chi connectivity index (χ1) is 8.22. The molecular formula is C9H14ClN5O2. The van der Waals surface area contributed by atoms with E-state index in [1.165, 1.54) is 7.11 Å². The summed E-state index contributed by atoms with van der Waals surface area (Å²) in [4.78, 5) is 14.0. The van der Waals surface area contributed by atoms with Crippen LogP contribution in [-0.2, 0) is 4.74 Å². The Labute approximate surface area is 104 Å². The Morgan fingerprint density at radius 2 is 2.35 bits per heavy atom. The highest BCUT2D eigenvalue weighted by Gasteiger charge is 2.22. The predicted molar refractivity (Wildman–Crippen MR) is 62.4 cm³/mol. The molecule has 0 bridgehead atoms. The molecule has 0 aromatic carbocycles. The number of methoxy groups -OCH3 is 1. The van der Waals surface area contributed by atoms with Gasteiger partial charge in [0.1, 0.15) is 0 Å². The average molecular weight is 260 g/mol. The zero-order valence-electron chi connectivity index (χ0n) is 9.47. The number of anilines is 1. The summed E-state index contributed by atoms with van der Waals surface area (Å²) in [5, 5.41) is 0.114. The van der Waals surface area contributed by atoms with Crippen molar-refractivity contribution in [1.82, 2.24) is 15.0 Å². The summed E-state index contributed by atoms with van der Waals surface area (Å²) in [7, 11) is 1.48. The standard InChI is InChI=1S/C9H14ClN5O2/c1-16-9-13-7(10)12-8(14-9)15-2-3-17-6(4-11)5-15/h6H,2-5,11H2,1H3. The van der Waals surface area contributed by atoms with Gasteiger partial charge in [-0.1, -0.05) is 0 Å². The second-order valence-electron chi connectivity index (χ2n) is 3.57. The molecule has 7 nitrogen and oxygen atoms in total. The van der Waals surface area contributed by atoms with Crippen LogP contribution in [0.15, 0.2) is 0 Å². The molecule has 0 saturated carbocycles. The SMILES string of the molecule is COc1nc(Cl)nc(N2CCOC(CN)C2)n1. The molecule has 0 spiro atoms. The molecule has 1 saturated heterocycles. The van der Waals surface area contributed by atoms with Gasteiger partial charge in [-0.3, -0.25) is 0 Å². The molecule has 1 aromatic heterocycles. The number of nitrogens with two attached hydrogens (primary N) is 1. The van der Waals surface area contributed by atoms with E-state index in [-0.39, 0.29) is 17.4 Å². The van der Waals surface area contributed by atoms with Crippen LogP contribution in [-0.4, -0.2) is 54.4 Å². The molecule has 2 N–H and O–H groups in total. The maximum absolute atomic E-state index is 5.79. The third-order valence-electron chi connectivity index (χ3n) is 2.44. The molecule has 0 radical (unpaired) electrons. The van der Waals surface area contributed by atoms with Crippen LogP contribution in [0.5, 0.6) is 6.01 Å². The minimum atomic E-state index is -0.00899. The largest absolute Gasteiger partial charge is 0.467 e. The lowest BCUT2D eigenvalue weighted by Gasteiger charge is -2.32. The normalized spacial score (nSPS) is 20.4. The highest BCUT2D eigenvalue weighted by atomic mass is 35.5. The van der Waals surface area contributed by atoms with Crippen LogP contribution in [0.2, 0.25) is 5.28 Å². The van der Waals surface area contributed by atoms with Gasteiger partial charge in [-0.2, -0.15) is 15.0 Å². The van der Waals surface area contributed by atoms with Crippen molar-refractivity contribution in [1.29, 1.82) is 0 Å². The minimum Gasteiger partial charge on any atom is -0.467 e. The zero-order chi connectivity index (χ0) is 12.3. The van der Waals surface area contributed by atoms with Gasteiger partial charge in [-0.25, -0.2) is 0 Å². The number of aromatic nitrogens is 3. The molecule has 0 aliphatic carbocycles. The van der Waals surface area contributed by atoms with E-state index in [0.29, 0.717) is 32.2 Å². The van der Waals surface area contributed by atoms with Crippen LogP contribution in [0.25, 0.3) is 0 Å². The molecule has 17 heavy (non-hydrogen) atoms. The lowest BCUT2D eigenvalue weighted by atomic mass is 10.3. The summed E-state index contributed by atoms with van der Waals surface area (Å²) in [6.07, 6.45) is -0.00899. The van der Waals surface area contributed by atoms with Crippen molar-refractivity contribution >= 4 is 17.5 Å². The first kappa shape index (κ1) is 12.3. The van der Waals surface area contributed by atoms with Crippen molar-refractivity contribution in [3.05, 3.63) is 5.28 Å². The number of nitrogens with zero attached hydrogens (tertiary/aromatic N) is 4. The Balaban J connectivity index is 2.18. The molecule has 1 aliphatic rings. The van der Waals surface area contributed by atoms with Gasteiger partial charge in [-0.15, -0.1) is 0 Å². The summed E-state index contributed by atoms with van der Waals surface area (Å²) < 4.78 is 10.4. The Morgan fingerprint density at radius 1 is 1.53 bits per heavy atom. The van der Waals surface area contributed by atoms with Crippen molar-refractivity contribution in [2.45, 2.75) is 6.10 Å². The fourth-order valence-electron chi connectivity index (χ4n) is 1.60. The third-order valence-corrected chi connectivity index (χ3v) is 2.61. The molecule has 1 unspecified atom stereocenters. The van der Waals surface area contributed by atoms with Gasteiger partial charge in [-0.05, 0) is 11.6 Å². The van der Waals surface area contributed by atoms with Crippen LogP contribution in [0.1, 0.15) is 0 Å². The van der Waals surface area contributed by atoms with E-state index < -0.39 is 0 Å². The van der Waals surface area contributed by atoms with Crippen molar-refractivity contribution in [2.24, 2.45) is 5.73 Å². The molecule has 1 atom stereocenters. The molecule has 94 valence electrons. The van der Waals surface area contributed by atoms with Gasteiger partial charge in [0.05, 0.1) is 19.8 Å². The molecular weight excluding hydrogens is 246 g/mol. The number of halogens is 1. The number of hydrogen-bond acceptors (Lipinski definition) is 7. The second kappa shape index (κ2) is 5.44. The van der Waals surface area contributed by atoms with Crippen LogP contribution in [0, 0.1) is 0 Å². The van der Waals surface area contributed by atoms with E-state index in [2.05, 4.69) is 15.0 Å². The Morgan fingerprint density at radius 3 is 3.06 bits per heavy atom. The summed E-state index contributed by atoms with van der Waals surface area (Å²) in [5.74, 6) is 0.489. The molecule has 1 aromatic rings. The van der Waals surface area contributed by atoms with Crippen molar-refractivity contribution in [3.8, 4) is 6.01 Å². The number of hydrogen-bond donors (Lipinski definition) is 1. The summed E-state index contributed by atoms with van der Waals surface area (Å²) in [6.45, 7) is 2.39. The van der Waals surface area contributed by atoms with E-state index in [9.17, 15) is 0 Å². The fourth-order valence-corrected chi connectivity index (χ4v) is 1.75. The summed E-state index contributed by atoms with van der Waals surface area (Å²) in [6, 6.07) is 0.204. The Hall–Kier alpha value is -1.18. The van der Waals surface area contributed by atoms with E-state index in [0.717, 1.165) is 0 Å². The lowest BCUT2D eigenvalue weighted by molar-refractivity contribution is 0.0459. The summed E-state index contributed by atoms with van der Waals surface area (Å²) in [5.41, 5.74) is 5.57. The van der Waals surface area contributed by atoms with Gasteiger partial charge in [0.15, 0.2) is 0 Å². The van der Waals surface area contributed by atoms with Crippen molar-refractivity contribution in [3.63, 3.8) is 0 Å². The van der Waals surface area contributed by atoms with Gasteiger partial charge in [0.25, 0.3) is 0 Å². The van der Waals surface area contributed by atoms with Gasteiger partial charge in [0.2, 0.25) is 11.2 Å². The number of rotatable bonds is 3. The zero-order valence-corrected chi connectivity index (χ0v) is 10.2. The molecule has 0 amide bonds.